The zero-order valence-electron chi connectivity index (χ0n) is 16.4. The summed E-state index contributed by atoms with van der Waals surface area (Å²) in [6.45, 7) is 2.62. The molecule has 1 atom stereocenters. The van der Waals surface area contributed by atoms with Crippen molar-refractivity contribution < 1.29 is 23.5 Å². The summed E-state index contributed by atoms with van der Waals surface area (Å²) in [6.07, 6.45) is 3.69. The van der Waals surface area contributed by atoms with Crippen molar-refractivity contribution in [2.45, 2.75) is 38.3 Å². The molecule has 158 valence electrons. The topological polar surface area (TPSA) is 91.6 Å². The van der Waals surface area contributed by atoms with Gasteiger partial charge < -0.3 is 19.9 Å². The van der Waals surface area contributed by atoms with Gasteiger partial charge in [-0.05, 0) is 32.3 Å². The molecule has 0 radical (unpaired) electrons. The Bertz CT molecular complexity index is 1110. The lowest BCUT2D eigenvalue weighted by Gasteiger charge is -2.42. The number of rotatable bonds is 3. The third-order valence-corrected chi connectivity index (χ3v) is 5.88. The van der Waals surface area contributed by atoms with Crippen LogP contribution in [0.3, 0.4) is 0 Å². The van der Waals surface area contributed by atoms with Gasteiger partial charge in [-0.2, -0.15) is 0 Å². The Labute approximate surface area is 170 Å². The number of aromatic nitrogens is 1. The van der Waals surface area contributed by atoms with E-state index in [4.69, 9.17) is 0 Å². The molecule has 2 aliphatic rings. The second kappa shape index (κ2) is 7.23. The number of carbonyl (C=O) groups is 2. The number of amides is 2. The third-order valence-electron chi connectivity index (χ3n) is 5.88. The van der Waals surface area contributed by atoms with E-state index in [1.54, 1.807) is 4.90 Å². The van der Waals surface area contributed by atoms with Crippen LogP contribution in [0, 0.1) is 11.6 Å². The molecule has 2 amide bonds. The lowest BCUT2D eigenvalue weighted by Crippen LogP contribution is -2.52. The highest BCUT2D eigenvalue weighted by atomic mass is 19.1. The zero-order chi connectivity index (χ0) is 21.6. The molecule has 2 bridgehead atoms. The molecule has 7 nitrogen and oxygen atoms in total. The Morgan fingerprint density at radius 3 is 2.77 bits per heavy atom. The first-order valence-electron chi connectivity index (χ1n) is 9.72. The van der Waals surface area contributed by atoms with Crippen molar-refractivity contribution in [1.82, 2.24) is 14.8 Å². The number of fused-ring (bicyclic) bond motifs is 4. The van der Waals surface area contributed by atoms with E-state index >= 15 is 0 Å². The Morgan fingerprint density at radius 2 is 2.03 bits per heavy atom. The number of hydrogen-bond donors (Lipinski definition) is 2. The van der Waals surface area contributed by atoms with Crippen LogP contribution in [0.2, 0.25) is 0 Å². The average molecular weight is 417 g/mol. The quantitative estimate of drug-likeness (QED) is 0.800. The fraction of sp³-hybridized carbons (Fsp3) is 0.381. The molecule has 0 saturated carbocycles. The Hall–Kier alpha value is -3.23. The van der Waals surface area contributed by atoms with Crippen LogP contribution in [0.4, 0.5) is 8.78 Å². The largest absolute Gasteiger partial charge is 0.503 e. The number of nitrogens with one attached hydrogen (secondary N) is 1. The fourth-order valence-electron chi connectivity index (χ4n) is 4.23. The van der Waals surface area contributed by atoms with Gasteiger partial charge in [0.2, 0.25) is 5.43 Å². The van der Waals surface area contributed by atoms with Gasteiger partial charge >= 0.3 is 0 Å². The monoisotopic (exact) mass is 417 g/mol. The van der Waals surface area contributed by atoms with Gasteiger partial charge in [0, 0.05) is 37.5 Å². The van der Waals surface area contributed by atoms with Crippen molar-refractivity contribution in [2.24, 2.45) is 0 Å². The summed E-state index contributed by atoms with van der Waals surface area (Å²) in [7, 11) is 0. The number of hydrogen-bond acceptors (Lipinski definition) is 4. The molecular formula is C21H21F2N3O4. The summed E-state index contributed by atoms with van der Waals surface area (Å²) < 4.78 is 28.4. The van der Waals surface area contributed by atoms with Crippen LogP contribution in [0.25, 0.3) is 0 Å². The van der Waals surface area contributed by atoms with Crippen LogP contribution >= 0.6 is 0 Å². The Kier molecular flexibility index (Phi) is 4.83. The Balaban J connectivity index is 1.70. The lowest BCUT2D eigenvalue weighted by molar-refractivity contribution is 0.0592. The number of aromatic hydroxyl groups is 1. The van der Waals surface area contributed by atoms with Crippen molar-refractivity contribution in [1.29, 1.82) is 0 Å². The molecular weight excluding hydrogens is 396 g/mol. The molecule has 30 heavy (non-hydrogen) atoms. The van der Waals surface area contributed by atoms with Crippen LogP contribution in [0.15, 0.2) is 29.2 Å². The molecule has 3 heterocycles. The van der Waals surface area contributed by atoms with Gasteiger partial charge in [0.05, 0.1) is 5.54 Å². The van der Waals surface area contributed by atoms with Gasteiger partial charge in [-0.3, -0.25) is 14.4 Å². The molecule has 2 aromatic rings. The van der Waals surface area contributed by atoms with E-state index in [-0.39, 0.29) is 23.4 Å². The molecule has 1 aromatic heterocycles. The first kappa shape index (κ1) is 20.1. The van der Waals surface area contributed by atoms with Crippen LogP contribution < -0.4 is 10.7 Å². The van der Waals surface area contributed by atoms with Gasteiger partial charge in [-0.15, -0.1) is 0 Å². The van der Waals surface area contributed by atoms with Crippen molar-refractivity contribution in [3.8, 4) is 5.75 Å². The first-order chi connectivity index (χ1) is 14.2. The molecule has 0 spiro atoms. The van der Waals surface area contributed by atoms with E-state index in [1.807, 2.05) is 6.92 Å². The minimum atomic E-state index is -0.963. The second-order valence-corrected chi connectivity index (χ2v) is 8.04. The molecule has 1 saturated heterocycles. The number of benzene rings is 1. The van der Waals surface area contributed by atoms with Gasteiger partial charge in [0.25, 0.3) is 11.8 Å². The maximum atomic E-state index is 13.8. The van der Waals surface area contributed by atoms with Crippen LogP contribution in [0.1, 0.15) is 52.6 Å². The minimum absolute atomic E-state index is 0.0496. The van der Waals surface area contributed by atoms with E-state index in [2.05, 4.69) is 5.32 Å². The summed E-state index contributed by atoms with van der Waals surface area (Å²) in [6, 6.07) is 2.96. The predicted molar refractivity (Wildman–Crippen MR) is 103 cm³/mol. The van der Waals surface area contributed by atoms with Gasteiger partial charge in [0.1, 0.15) is 17.2 Å². The summed E-state index contributed by atoms with van der Waals surface area (Å²) in [4.78, 5) is 39.7. The first-order valence-corrected chi connectivity index (χ1v) is 9.72. The average Bonchev–Trinajstić information content (AvgIpc) is 2.88. The van der Waals surface area contributed by atoms with Gasteiger partial charge in [-0.1, -0.05) is 6.07 Å². The summed E-state index contributed by atoms with van der Waals surface area (Å²) in [5, 5.41) is 12.9. The predicted octanol–water partition coefficient (Wildman–Crippen LogP) is 2.12. The van der Waals surface area contributed by atoms with E-state index in [9.17, 15) is 28.3 Å². The molecule has 1 fully saturated rings. The normalized spacial score (nSPS) is 20.5. The third kappa shape index (κ3) is 3.24. The van der Waals surface area contributed by atoms with E-state index in [0.717, 1.165) is 18.9 Å². The highest BCUT2D eigenvalue weighted by Crippen LogP contribution is 2.36. The summed E-state index contributed by atoms with van der Waals surface area (Å²) in [5.74, 6) is -3.59. The highest BCUT2D eigenvalue weighted by Gasteiger charge is 2.42. The van der Waals surface area contributed by atoms with Crippen LogP contribution in [-0.4, -0.2) is 39.5 Å². The summed E-state index contributed by atoms with van der Waals surface area (Å²) >= 11 is 0. The maximum absolute atomic E-state index is 13.8. The smallest absolute Gasteiger partial charge is 0.274 e. The lowest BCUT2D eigenvalue weighted by atomic mass is 9.92. The maximum Gasteiger partial charge on any atom is 0.274 e. The highest BCUT2D eigenvalue weighted by molar-refractivity contribution is 5.99. The number of carbonyl (C=O) groups excluding carboxylic acids is 2. The Morgan fingerprint density at radius 1 is 1.27 bits per heavy atom. The number of halogens is 2. The molecule has 1 aromatic carbocycles. The van der Waals surface area contributed by atoms with Crippen molar-refractivity contribution in [3.63, 3.8) is 0 Å². The zero-order valence-corrected chi connectivity index (χ0v) is 16.4. The van der Waals surface area contributed by atoms with Crippen molar-refractivity contribution >= 4 is 11.8 Å². The molecule has 2 N–H and O–H groups in total. The second-order valence-electron chi connectivity index (χ2n) is 8.04. The number of pyridine rings is 1. The fourth-order valence-corrected chi connectivity index (χ4v) is 4.23. The standard InChI is InChI=1S/C21H21F2N3O4/c1-21-6-2-3-7-25(11-21)20(30)16-18(28)17(27)14(10-26(16)21)19(29)24-9-12-4-5-13(22)8-15(12)23/h4-5,8,10,28H,2-3,6-7,9,11H2,1H3,(H,24,29). The van der Waals surface area contributed by atoms with Crippen molar-refractivity contribution in [2.75, 3.05) is 13.1 Å². The van der Waals surface area contributed by atoms with E-state index in [0.29, 0.717) is 25.6 Å². The minimum Gasteiger partial charge on any atom is -0.503 e. The summed E-state index contributed by atoms with van der Waals surface area (Å²) in [5.41, 5.74) is -1.94. The molecule has 4 rings (SSSR count). The van der Waals surface area contributed by atoms with E-state index in [1.165, 1.54) is 16.8 Å². The van der Waals surface area contributed by atoms with Crippen LogP contribution in [0.5, 0.6) is 5.75 Å². The van der Waals surface area contributed by atoms with Gasteiger partial charge in [-0.25, -0.2) is 8.78 Å². The molecule has 0 aliphatic carbocycles. The van der Waals surface area contributed by atoms with E-state index < -0.39 is 40.2 Å². The molecule has 9 heteroatoms. The van der Waals surface area contributed by atoms with Gasteiger partial charge in [0.15, 0.2) is 11.4 Å². The molecule has 1 unspecified atom stereocenters. The number of nitrogens with zero attached hydrogens (tertiary/aromatic N) is 2. The van der Waals surface area contributed by atoms with Crippen LogP contribution in [-0.2, 0) is 12.1 Å². The van der Waals surface area contributed by atoms with Crippen molar-refractivity contribution in [3.05, 3.63) is 63.1 Å². The molecule has 2 aliphatic heterocycles. The SMILES string of the molecule is CC12CCCCN(C1)C(=O)c1c(O)c(=O)c(C(=O)NCc3ccc(F)cc3F)cn12.